The molecule has 2 aromatic rings. The van der Waals surface area contributed by atoms with Crippen LogP contribution in [-0.4, -0.2) is 16.6 Å². The summed E-state index contributed by atoms with van der Waals surface area (Å²) in [4.78, 5) is 8.27. The lowest BCUT2D eigenvalue weighted by molar-refractivity contribution is 0.338. The van der Waals surface area contributed by atoms with Crippen molar-refractivity contribution in [3.05, 3.63) is 36.2 Å². The topological polar surface area (TPSA) is 82.3 Å². The number of hydrogen-bond donors (Lipinski definition) is 2. The van der Waals surface area contributed by atoms with Crippen molar-refractivity contribution in [1.29, 1.82) is 0 Å². The average molecular weight is 260 g/mol. The third-order valence-electron chi connectivity index (χ3n) is 2.30. The first-order chi connectivity index (χ1) is 9.21. The van der Waals surface area contributed by atoms with Gasteiger partial charge in [-0.05, 0) is 26.0 Å². The van der Waals surface area contributed by atoms with Crippen LogP contribution in [0.4, 0.5) is 5.82 Å². The van der Waals surface area contributed by atoms with E-state index >= 15 is 0 Å². The first-order valence-corrected chi connectivity index (χ1v) is 5.94. The van der Waals surface area contributed by atoms with Gasteiger partial charge in [0.15, 0.2) is 0 Å². The number of hydrogen-bond acceptors (Lipinski definition) is 6. The normalized spacial score (nSPS) is 10.1. The number of rotatable bonds is 5. The molecule has 0 amide bonds. The number of hydrazine groups is 1. The van der Waals surface area contributed by atoms with E-state index in [-0.39, 0.29) is 0 Å². The lowest BCUT2D eigenvalue weighted by atomic mass is 10.3. The summed E-state index contributed by atoms with van der Waals surface area (Å²) in [5.41, 5.74) is 2.47. The van der Waals surface area contributed by atoms with Gasteiger partial charge in [0.25, 0.3) is 0 Å². The SMILES string of the molecule is CCOc1cccc(Oc2cc(NN)nc(C)n2)c1. The Morgan fingerprint density at radius 1 is 1.21 bits per heavy atom. The van der Waals surface area contributed by atoms with Crippen molar-refractivity contribution in [3.63, 3.8) is 0 Å². The molecule has 3 N–H and O–H groups in total. The molecule has 1 aromatic carbocycles. The Kier molecular flexibility index (Phi) is 4.15. The number of anilines is 1. The highest BCUT2D eigenvalue weighted by Crippen LogP contribution is 2.25. The largest absolute Gasteiger partial charge is 0.494 e. The van der Waals surface area contributed by atoms with Gasteiger partial charge in [-0.3, -0.25) is 0 Å². The van der Waals surface area contributed by atoms with Crippen LogP contribution in [0.1, 0.15) is 12.7 Å². The summed E-state index contributed by atoms with van der Waals surface area (Å²) >= 11 is 0. The number of nitrogens with one attached hydrogen (secondary N) is 1. The molecule has 0 saturated carbocycles. The Morgan fingerprint density at radius 2 is 2.00 bits per heavy atom. The molecule has 0 unspecified atom stereocenters. The zero-order valence-corrected chi connectivity index (χ0v) is 10.9. The van der Waals surface area contributed by atoms with Crippen LogP contribution in [0.2, 0.25) is 0 Å². The van der Waals surface area contributed by atoms with E-state index in [1.807, 2.05) is 25.1 Å². The Morgan fingerprint density at radius 3 is 2.74 bits per heavy atom. The average Bonchev–Trinajstić information content (AvgIpc) is 2.39. The van der Waals surface area contributed by atoms with Crippen molar-refractivity contribution in [1.82, 2.24) is 9.97 Å². The van der Waals surface area contributed by atoms with Crippen LogP contribution in [0.25, 0.3) is 0 Å². The van der Waals surface area contributed by atoms with Gasteiger partial charge in [-0.2, -0.15) is 4.98 Å². The second kappa shape index (κ2) is 6.01. The maximum atomic E-state index is 5.66. The van der Waals surface area contributed by atoms with Crippen LogP contribution in [-0.2, 0) is 0 Å². The van der Waals surface area contributed by atoms with Crippen LogP contribution < -0.4 is 20.7 Å². The maximum absolute atomic E-state index is 5.66. The number of nitrogens with two attached hydrogens (primary N) is 1. The van der Waals surface area contributed by atoms with E-state index in [4.69, 9.17) is 15.3 Å². The second-order valence-corrected chi connectivity index (χ2v) is 3.79. The molecule has 1 aromatic heterocycles. The van der Waals surface area contributed by atoms with Crippen molar-refractivity contribution >= 4 is 5.82 Å². The molecule has 19 heavy (non-hydrogen) atoms. The van der Waals surface area contributed by atoms with Crippen LogP contribution in [0, 0.1) is 6.92 Å². The van der Waals surface area contributed by atoms with Gasteiger partial charge in [-0.15, -0.1) is 0 Å². The van der Waals surface area contributed by atoms with Crippen LogP contribution in [0.3, 0.4) is 0 Å². The van der Waals surface area contributed by atoms with Crippen molar-refractivity contribution in [2.24, 2.45) is 5.84 Å². The Hall–Kier alpha value is -2.34. The molecular weight excluding hydrogens is 244 g/mol. The summed E-state index contributed by atoms with van der Waals surface area (Å²) in [7, 11) is 0. The molecule has 1 heterocycles. The molecule has 0 aliphatic carbocycles. The van der Waals surface area contributed by atoms with Crippen LogP contribution in [0.5, 0.6) is 17.4 Å². The molecule has 0 spiro atoms. The highest BCUT2D eigenvalue weighted by atomic mass is 16.5. The van der Waals surface area contributed by atoms with E-state index in [1.165, 1.54) is 0 Å². The molecule has 0 fully saturated rings. The number of aryl methyl sites for hydroxylation is 1. The van der Waals surface area contributed by atoms with Crippen LogP contribution in [0.15, 0.2) is 30.3 Å². The van der Waals surface area contributed by atoms with Crippen LogP contribution >= 0.6 is 0 Å². The summed E-state index contributed by atoms with van der Waals surface area (Å²) < 4.78 is 11.1. The highest BCUT2D eigenvalue weighted by Gasteiger charge is 2.04. The maximum Gasteiger partial charge on any atom is 0.224 e. The number of aromatic nitrogens is 2. The fourth-order valence-corrected chi connectivity index (χ4v) is 1.58. The Labute approximate surface area is 111 Å². The van der Waals surface area contributed by atoms with Crippen molar-refractivity contribution in [2.45, 2.75) is 13.8 Å². The summed E-state index contributed by atoms with van der Waals surface area (Å²) in [6, 6.07) is 8.98. The molecule has 2 rings (SSSR count). The van der Waals surface area contributed by atoms with Gasteiger partial charge in [0.1, 0.15) is 23.1 Å². The molecule has 0 aliphatic rings. The van der Waals surface area contributed by atoms with E-state index in [9.17, 15) is 0 Å². The van der Waals surface area contributed by atoms with Gasteiger partial charge in [-0.1, -0.05) is 6.07 Å². The van der Waals surface area contributed by atoms with Gasteiger partial charge >= 0.3 is 0 Å². The lowest BCUT2D eigenvalue weighted by Gasteiger charge is -2.09. The smallest absolute Gasteiger partial charge is 0.224 e. The van der Waals surface area contributed by atoms with E-state index in [1.54, 1.807) is 19.1 Å². The minimum absolute atomic E-state index is 0.425. The zero-order valence-electron chi connectivity index (χ0n) is 10.9. The van der Waals surface area contributed by atoms with Gasteiger partial charge in [0, 0.05) is 12.1 Å². The van der Waals surface area contributed by atoms with Gasteiger partial charge in [0.2, 0.25) is 5.88 Å². The summed E-state index contributed by atoms with van der Waals surface area (Å²) in [6.07, 6.45) is 0. The Balaban J connectivity index is 2.20. The third-order valence-corrected chi connectivity index (χ3v) is 2.30. The lowest BCUT2D eigenvalue weighted by Crippen LogP contribution is -2.09. The second-order valence-electron chi connectivity index (χ2n) is 3.79. The number of nitrogen functional groups attached to an aromatic ring is 1. The van der Waals surface area contributed by atoms with Crippen molar-refractivity contribution < 1.29 is 9.47 Å². The van der Waals surface area contributed by atoms with Crippen molar-refractivity contribution in [2.75, 3.05) is 12.0 Å². The molecule has 0 saturated heterocycles. The number of benzene rings is 1. The van der Waals surface area contributed by atoms with Gasteiger partial charge in [-0.25, -0.2) is 10.8 Å². The zero-order chi connectivity index (χ0) is 13.7. The highest BCUT2D eigenvalue weighted by molar-refractivity contribution is 5.40. The molecule has 6 nitrogen and oxygen atoms in total. The summed E-state index contributed by atoms with van der Waals surface area (Å²) in [5, 5.41) is 0. The van der Waals surface area contributed by atoms with Gasteiger partial charge in [0.05, 0.1) is 6.61 Å². The number of ether oxygens (including phenoxy) is 2. The molecule has 100 valence electrons. The molecule has 0 bridgehead atoms. The fourth-order valence-electron chi connectivity index (χ4n) is 1.58. The predicted octanol–water partition coefficient (Wildman–Crippen LogP) is 2.26. The summed E-state index contributed by atoms with van der Waals surface area (Å²) in [5.74, 6) is 8.23. The first-order valence-electron chi connectivity index (χ1n) is 5.94. The first kappa shape index (κ1) is 13.1. The monoisotopic (exact) mass is 260 g/mol. The minimum Gasteiger partial charge on any atom is -0.494 e. The number of nitrogens with zero attached hydrogens (tertiary/aromatic N) is 2. The quantitative estimate of drug-likeness (QED) is 0.634. The standard InChI is InChI=1S/C13H16N4O2/c1-3-18-10-5-4-6-11(7-10)19-13-8-12(17-14)15-9(2)16-13/h4-8H,3,14H2,1-2H3,(H,15,16,17). The third kappa shape index (κ3) is 3.56. The minimum atomic E-state index is 0.425. The molecule has 0 atom stereocenters. The molecule has 6 heteroatoms. The fraction of sp³-hybridized carbons (Fsp3) is 0.231. The predicted molar refractivity (Wildman–Crippen MR) is 72.3 cm³/mol. The summed E-state index contributed by atoms with van der Waals surface area (Å²) in [6.45, 7) is 4.31. The molecule has 0 radical (unpaired) electrons. The van der Waals surface area contributed by atoms with Crippen molar-refractivity contribution in [3.8, 4) is 17.4 Å². The van der Waals surface area contributed by atoms with Gasteiger partial charge < -0.3 is 14.9 Å². The van der Waals surface area contributed by atoms with E-state index in [0.717, 1.165) is 5.75 Å². The van der Waals surface area contributed by atoms with E-state index in [2.05, 4.69) is 15.4 Å². The molecule has 0 aliphatic heterocycles. The van der Waals surface area contributed by atoms with E-state index in [0.29, 0.717) is 29.9 Å². The Bertz CT molecular complexity index is 560. The molecular formula is C13H16N4O2. The van der Waals surface area contributed by atoms with E-state index < -0.39 is 0 Å².